The van der Waals surface area contributed by atoms with E-state index in [1.165, 1.54) is 0 Å². The van der Waals surface area contributed by atoms with Crippen LogP contribution in [0, 0.1) is 4.91 Å². The van der Waals surface area contributed by atoms with Gasteiger partial charge in [0.2, 0.25) is 10.0 Å². The molecule has 1 aliphatic rings. The molecule has 1 unspecified atom stereocenters. The van der Waals surface area contributed by atoms with E-state index < -0.39 is 15.4 Å². The predicted molar refractivity (Wildman–Crippen MR) is 120 cm³/mol. The minimum Gasteiger partial charge on any atom is -0.341 e. The normalized spacial score (nSPS) is 16.3. The number of aromatic amines is 1. The van der Waals surface area contributed by atoms with Crippen molar-refractivity contribution in [3.8, 4) is 22.5 Å². The summed E-state index contributed by atoms with van der Waals surface area (Å²) >= 11 is 0. The van der Waals surface area contributed by atoms with Crippen molar-refractivity contribution in [1.82, 2.24) is 19.7 Å². The van der Waals surface area contributed by atoms with E-state index in [0.717, 1.165) is 52.7 Å². The molecule has 31 heavy (non-hydrogen) atoms. The lowest BCUT2D eigenvalue weighted by atomic mass is 9.93. The average Bonchev–Trinajstić information content (AvgIpc) is 3.37. The first-order valence-corrected chi connectivity index (χ1v) is 12.0. The van der Waals surface area contributed by atoms with Gasteiger partial charge in [-0.15, -0.1) is 0 Å². The fourth-order valence-electron chi connectivity index (χ4n) is 3.88. The second-order valence-electron chi connectivity index (χ2n) is 8.60. The number of hydrogen-bond donors (Lipinski definition) is 2. The van der Waals surface area contributed by atoms with Gasteiger partial charge in [-0.1, -0.05) is 31.2 Å². The van der Waals surface area contributed by atoms with Gasteiger partial charge in [-0.05, 0) is 42.2 Å². The Bertz CT molecular complexity index is 1220. The predicted octanol–water partition coefficient (Wildman–Crippen LogP) is 3.72. The number of H-pyrrole nitrogens is 1. The van der Waals surface area contributed by atoms with Crippen molar-refractivity contribution in [2.45, 2.75) is 38.1 Å². The fourth-order valence-corrected chi connectivity index (χ4v) is 4.50. The smallest absolute Gasteiger partial charge is 0.208 e. The number of aryl methyl sites for hydroxylation is 1. The molecule has 0 amide bonds. The number of nitrogens with zero attached hydrogens (tertiary/aromatic N) is 3. The van der Waals surface area contributed by atoms with Crippen LogP contribution in [0.1, 0.15) is 43.3 Å². The van der Waals surface area contributed by atoms with E-state index >= 15 is 0 Å². The quantitative estimate of drug-likeness (QED) is 0.544. The summed E-state index contributed by atoms with van der Waals surface area (Å²) in [5, 5.41) is 3.24. The minimum atomic E-state index is -3.32. The largest absolute Gasteiger partial charge is 0.341 e. The van der Waals surface area contributed by atoms with E-state index in [9.17, 15) is 13.3 Å². The molecule has 1 aliphatic carbocycles. The van der Waals surface area contributed by atoms with Gasteiger partial charge in [-0.25, -0.2) is 18.1 Å². The number of nitrogens with one attached hydrogen (secondary N) is 2. The van der Waals surface area contributed by atoms with Gasteiger partial charge >= 0.3 is 0 Å². The summed E-state index contributed by atoms with van der Waals surface area (Å²) in [7, 11) is -3.32. The molecular formula is C22H25N5O3S. The molecule has 0 saturated heterocycles. The zero-order valence-corrected chi connectivity index (χ0v) is 18.5. The van der Waals surface area contributed by atoms with Gasteiger partial charge in [0.25, 0.3) is 0 Å². The first kappa shape index (κ1) is 21.3. The highest BCUT2D eigenvalue weighted by Crippen LogP contribution is 2.39. The van der Waals surface area contributed by atoms with Crippen molar-refractivity contribution >= 4 is 10.0 Å². The van der Waals surface area contributed by atoms with Crippen LogP contribution in [0.4, 0.5) is 0 Å². The molecular weight excluding hydrogens is 414 g/mol. The Balaban J connectivity index is 1.79. The topological polar surface area (TPSA) is 117 Å². The van der Waals surface area contributed by atoms with Crippen LogP contribution < -0.4 is 4.72 Å². The SMILES string of the molecule is CC(C)(CNS(C)(=O)=O)c1nc(-c2ccc3c(c2)CCC3N=O)c(-c2ccncc2)[nH]1. The van der Waals surface area contributed by atoms with Crippen molar-refractivity contribution in [1.29, 1.82) is 0 Å². The monoisotopic (exact) mass is 439 g/mol. The molecule has 3 aromatic rings. The number of pyridine rings is 1. The highest BCUT2D eigenvalue weighted by Gasteiger charge is 2.29. The summed E-state index contributed by atoms with van der Waals surface area (Å²) in [4.78, 5) is 23.5. The zero-order chi connectivity index (χ0) is 22.2. The maximum absolute atomic E-state index is 11.6. The number of hydrogen-bond acceptors (Lipinski definition) is 6. The molecule has 8 nitrogen and oxygen atoms in total. The molecule has 162 valence electrons. The van der Waals surface area contributed by atoms with Crippen LogP contribution in [-0.2, 0) is 21.9 Å². The zero-order valence-electron chi connectivity index (χ0n) is 17.7. The molecule has 0 radical (unpaired) electrons. The van der Waals surface area contributed by atoms with Gasteiger partial charge in [-0.2, -0.15) is 4.91 Å². The fraction of sp³-hybridized carbons (Fsp3) is 0.364. The van der Waals surface area contributed by atoms with Gasteiger partial charge < -0.3 is 4.98 Å². The second kappa shape index (κ2) is 7.97. The molecule has 4 rings (SSSR count). The first-order valence-electron chi connectivity index (χ1n) is 10.1. The molecule has 0 aliphatic heterocycles. The van der Waals surface area contributed by atoms with E-state index in [1.807, 2.05) is 38.1 Å². The van der Waals surface area contributed by atoms with E-state index in [2.05, 4.69) is 25.9 Å². The number of imidazole rings is 1. The maximum atomic E-state index is 11.6. The molecule has 2 aromatic heterocycles. The Morgan fingerprint density at radius 1 is 1.19 bits per heavy atom. The molecule has 9 heteroatoms. The summed E-state index contributed by atoms with van der Waals surface area (Å²) in [6.07, 6.45) is 6.13. The lowest BCUT2D eigenvalue weighted by molar-refractivity contribution is 0.480. The van der Waals surface area contributed by atoms with Crippen molar-refractivity contribution in [3.63, 3.8) is 0 Å². The Kier molecular flexibility index (Phi) is 5.49. The summed E-state index contributed by atoms with van der Waals surface area (Å²) in [5.74, 6) is 0.679. The molecule has 2 N–H and O–H groups in total. The van der Waals surface area contributed by atoms with Crippen LogP contribution in [0.15, 0.2) is 47.9 Å². The van der Waals surface area contributed by atoms with E-state index in [1.54, 1.807) is 12.4 Å². The van der Waals surface area contributed by atoms with E-state index in [4.69, 9.17) is 4.98 Å². The number of aromatic nitrogens is 3. The van der Waals surface area contributed by atoms with Crippen molar-refractivity contribution in [3.05, 3.63) is 64.6 Å². The molecule has 1 aromatic carbocycles. The molecule has 0 spiro atoms. The Morgan fingerprint density at radius 3 is 2.61 bits per heavy atom. The number of benzene rings is 1. The maximum Gasteiger partial charge on any atom is 0.208 e. The number of nitroso groups, excluding NO2 is 1. The van der Waals surface area contributed by atoms with E-state index in [0.29, 0.717) is 5.82 Å². The Morgan fingerprint density at radius 2 is 1.94 bits per heavy atom. The van der Waals surface area contributed by atoms with Crippen molar-refractivity contribution in [2.75, 3.05) is 12.8 Å². The highest BCUT2D eigenvalue weighted by molar-refractivity contribution is 7.88. The van der Waals surface area contributed by atoms with Gasteiger partial charge in [0.1, 0.15) is 11.9 Å². The third kappa shape index (κ3) is 4.42. The van der Waals surface area contributed by atoms with Crippen LogP contribution in [0.2, 0.25) is 0 Å². The number of rotatable bonds is 7. The average molecular weight is 440 g/mol. The molecule has 1 atom stereocenters. The summed E-state index contributed by atoms with van der Waals surface area (Å²) < 4.78 is 25.8. The summed E-state index contributed by atoms with van der Waals surface area (Å²) in [6.45, 7) is 4.09. The van der Waals surface area contributed by atoms with Gasteiger partial charge in [0.05, 0.1) is 17.6 Å². The number of sulfonamides is 1. The van der Waals surface area contributed by atoms with Crippen LogP contribution in [-0.4, -0.2) is 36.2 Å². The molecule has 0 bridgehead atoms. The summed E-state index contributed by atoms with van der Waals surface area (Å²) in [6, 6.07) is 9.54. The third-order valence-corrected chi connectivity index (χ3v) is 6.35. The first-order chi connectivity index (χ1) is 14.7. The standard InChI is InChI=1S/C22H25N5O3S/c1-22(2,13-24-31(3,29)30)21-25-19(14-8-10-23-11-9-14)20(26-21)16-4-6-17-15(12-16)5-7-18(17)27-28/h4,6,8-12,18,24H,5,7,13H2,1-3H3,(H,25,26). The van der Waals surface area contributed by atoms with Crippen LogP contribution in [0.3, 0.4) is 0 Å². The lowest BCUT2D eigenvalue weighted by Crippen LogP contribution is -2.36. The molecule has 0 saturated carbocycles. The van der Waals surface area contributed by atoms with Gasteiger partial charge in [0.15, 0.2) is 0 Å². The van der Waals surface area contributed by atoms with Gasteiger partial charge in [0, 0.05) is 35.5 Å². The van der Waals surface area contributed by atoms with Crippen LogP contribution in [0.25, 0.3) is 22.5 Å². The van der Waals surface area contributed by atoms with Crippen LogP contribution in [0.5, 0.6) is 0 Å². The van der Waals surface area contributed by atoms with Gasteiger partial charge in [-0.3, -0.25) is 4.98 Å². The Labute approximate surface area is 181 Å². The van der Waals surface area contributed by atoms with Crippen molar-refractivity contribution in [2.24, 2.45) is 5.18 Å². The minimum absolute atomic E-state index is 0.214. The second-order valence-corrected chi connectivity index (χ2v) is 10.4. The highest BCUT2D eigenvalue weighted by atomic mass is 32.2. The van der Waals surface area contributed by atoms with Crippen molar-refractivity contribution < 1.29 is 8.42 Å². The third-order valence-electron chi connectivity index (χ3n) is 5.68. The lowest BCUT2D eigenvalue weighted by Gasteiger charge is -2.22. The van der Waals surface area contributed by atoms with Crippen LogP contribution >= 0.6 is 0 Å². The molecule has 2 heterocycles. The Hall–Kier alpha value is -2.91. The molecule has 0 fully saturated rings. The van der Waals surface area contributed by atoms with E-state index in [-0.39, 0.29) is 12.6 Å². The summed E-state index contributed by atoms with van der Waals surface area (Å²) in [5.41, 5.74) is 5.02. The number of fused-ring (bicyclic) bond motifs is 1.